The van der Waals surface area contributed by atoms with Crippen LogP contribution >= 0.6 is 28.1 Å². The van der Waals surface area contributed by atoms with Crippen molar-refractivity contribution in [2.24, 2.45) is 0 Å². The van der Waals surface area contributed by atoms with Gasteiger partial charge in [-0.2, -0.15) is 5.16 Å². The van der Waals surface area contributed by atoms with Gasteiger partial charge < -0.3 is 12.8 Å². The molecule has 0 saturated carbocycles. The average molecular weight is 857 g/mol. The van der Waals surface area contributed by atoms with E-state index >= 15 is 0 Å². The molecule has 0 saturated heterocycles. The van der Waals surface area contributed by atoms with Crippen molar-refractivity contribution < 1.29 is 34.1 Å². The fourth-order valence-corrected chi connectivity index (χ4v) is 11.7. The second-order valence-corrected chi connectivity index (χ2v) is 17.0. The number of isothiocyanates is 1. The maximum atomic E-state index is 7.13. The van der Waals surface area contributed by atoms with E-state index < -0.39 is 15.8 Å². The van der Waals surface area contributed by atoms with E-state index in [2.05, 4.69) is 208 Å². The normalized spacial score (nSPS) is 10.0. The number of fused-ring (bicyclic) bond motifs is 2. The van der Waals surface area contributed by atoms with Crippen LogP contribution in [0.25, 0.3) is 27.2 Å². The molecule has 0 aliphatic carbocycles. The smallest absolute Gasteiger partial charge is 0.753 e. The monoisotopic (exact) mass is 855 g/mol. The molecule has 0 bridgehead atoms. The second-order valence-electron chi connectivity index (χ2n) is 12.0. The summed E-state index contributed by atoms with van der Waals surface area (Å²) in [7, 11) is -2.16. The number of hydrogen-bond acceptors (Lipinski definition) is 3. The van der Waals surface area contributed by atoms with Crippen LogP contribution in [-0.2, 0) is 34.1 Å². The van der Waals surface area contributed by atoms with E-state index in [0.717, 1.165) is 22.4 Å². The van der Waals surface area contributed by atoms with Gasteiger partial charge in [0.05, 0.1) is 0 Å². The fourth-order valence-electron chi connectivity index (χ4n) is 6.27. The number of pyridine rings is 2. The van der Waals surface area contributed by atoms with Gasteiger partial charge in [0.15, 0.2) is 0 Å². The average Bonchev–Trinajstić information content (AvgIpc) is 3.18. The molecule has 0 amide bonds. The van der Waals surface area contributed by atoms with Crippen molar-refractivity contribution in [3.63, 3.8) is 0 Å². The van der Waals surface area contributed by atoms with E-state index in [-0.39, 0.29) is 41.6 Å². The SMILES string of the molecule is Cc1ccc2cccc([PH+](c3ccccc3)c3ccccc3)c2n1.Cc1ccc2cccc([PH+](c3ccccc3)c3ccccc3)c2n1.[CH3-].[Cu+2].[Cu].[N-]=C=S. The van der Waals surface area contributed by atoms with Crippen LogP contribution in [0.4, 0.5) is 0 Å². The van der Waals surface area contributed by atoms with Crippen molar-refractivity contribution in [2.45, 2.75) is 13.8 Å². The summed E-state index contributed by atoms with van der Waals surface area (Å²) in [6.07, 6.45) is 0. The minimum atomic E-state index is -1.08. The van der Waals surface area contributed by atoms with E-state index in [1.807, 2.05) is 0 Å². The standard InChI is InChI=1S/2C22H18NP.CNS.CH3.2Cu/c2*1-17-15-16-18-9-8-14-21(22(18)23-17)24(19-10-4-2-5-11-19)20-12-6-3-7-13-20;2-1-3;;;/h2*2-16H,1H3;;1H3;;/q;;2*-1;;+2/p+2. The van der Waals surface area contributed by atoms with Gasteiger partial charge in [-0.3, -0.25) is 0 Å². The number of nitrogens with zero attached hydrogens (tertiary/aromatic N) is 3. The number of benzene rings is 6. The Morgan fingerprint density at radius 2 is 0.722 bits per heavy atom. The quantitative estimate of drug-likeness (QED) is 0.0552. The van der Waals surface area contributed by atoms with Crippen molar-refractivity contribution in [1.29, 1.82) is 0 Å². The van der Waals surface area contributed by atoms with E-state index in [0.29, 0.717) is 0 Å². The maximum Gasteiger partial charge on any atom is 2.00 e. The molecule has 8 aromatic rings. The van der Waals surface area contributed by atoms with Gasteiger partial charge in [0.1, 0.15) is 58.7 Å². The largest absolute Gasteiger partial charge is 2.00 e. The molecule has 0 N–H and O–H groups in total. The molecule has 0 fully saturated rings. The van der Waals surface area contributed by atoms with Gasteiger partial charge in [0, 0.05) is 39.2 Å². The summed E-state index contributed by atoms with van der Waals surface area (Å²) in [6.45, 7) is 4.13. The fraction of sp³-hybridized carbons (Fsp3) is 0.0435. The van der Waals surface area contributed by atoms with E-state index in [1.165, 1.54) is 47.8 Å². The van der Waals surface area contributed by atoms with Crippen molar-refractivity contribution in [1.82, 2.24) is 9.97 Å². The van der Waals surface area contributed by atoms with Crippen LogP contribution in [0, 0.1) is 21.3 Å². The van der Waals surface area contributed by atoms with Gasteiger partial charge in [-0.15, -0.1) is 0 Å². The number of thiocarbonyl (C=S) groups is 1. The van der Waals surface area contributed by atoms with Gasteiger partial charge in [-0.25, -0.2) is 9.97 Å². The van der Waals surface area contributed by atoms with Crippen LogP contribution in [0.15, 0.2) is 182 Å². The van der Waals surface area contributed by atoms with Crippen molar-refractivity contribution >= 4 is 86.9 Å². The van der Waals surface area contributed by atoms with Gasteiger partial charge >= 0.3 is 17.1 Å². The molecule has 54 heavy (non-hydrogen) atoms. The molecule has 8 rings (SSSR count). The summed E-state index contributed by atoms with van der Waals surface area (Å²) >= 11 is 3.70. The Kier molecular flexibility index (Phi) is 18.2. The van der Waals surface area contributed by atoms with Crippen LogP contribution in [0.1, 0.15) is 11.4 Å². The predicted octanol–water partition coefficient (Wildman–Crippen LogP) is 9.17. The van der Waals surface area contributed by atoms with Crippen LogP contribution in [0.5, 0.6) is 0 Å². The molecular formula is C46H41Cu2N3P2S+2. The van der Waals surface area contributed by atoms with Crippen LogP contribution in [-0.4, -0.2) is 15.1 Å². The van der Waals surface area contributed by atoms with Gasteiger partial charge in [0.25, 0.3) is 0 Å². The number of para-hydroxylation sites is 2. The van der Waals surface area contributed by atoms with Crippen LogP contribution < -0.4 is 31.8 Å². The predicted molar refractivity (Wildman–Crippen MR) is 236 cm³/mol. The molecule has 8 heteroatoms. The third-order valence-electron chi connectivity index (χ3n) is 8.51. The topological polar surface area (TPSA) is 48.1 Å². The molecule has 0 aliphatic rings. The van der Waals surface area contributed by atoms with E-state index in [4.69, 9.17) is 15.4 Å². The summed E-state index contributed by atoms with van der Waals surface area (Å²) in [5.41, 5.74) is 4.41. The zero-order chi connectivity index (χ0) is 35.4. The minimum absolute atomic E-state index is 0. The molecule has 6 aromatic carbocycles. The minimum Gasteiger partial charge on any atom is -0.753 e. The summed E-state index contributed by atoms with van der Waals surface area (Å²) in [5.74, 6) is 0. The first-order chi connectivity index (χ1) is 25.1. The third kappa shape index (κ3) is 11.0. The molecule has 0 atom stereocenters. The molecule has 276 valence electrons. The molecule has 0 aliphatic heterocycles. The summed E-state index contributed by atoms with van der Waals surface area (Å²) < 4.78 is 0. The zero-order valence-electron chi connectivity index (χ0n) is 30.2. The van der Waals surface area contributed by atoms with Gasteiger partial charge in [-0.1, -0.05) is 121 Å². The first kappa shape index (κ1) is 44.2. The summed E-state index contributed by atoms with van der Waals surface area (Å²) in [5, 5.41) is 19.2. The molecule has 0 spiro atoms. The van der Waals surface area contributed by atoms with Gasteiger partial charge in [-0.05, 0) is 86.6 Å². The van der Waals surface area contributed by atoms with Crippen molar-refractivity contribution in [3.8, 4) is 0 Å². The Morgan fingerprint density at radius 3 is 1.00 bits per heavy atom. The Hall–Kier alpha value is -4.16. The molecular weight excluding hydrogens is 816 g/mol. The molecule has 2 radical (unpaired) electrons. The second kappa shape index (κ2) is 22.3. The zero-order valence-corrected chi connectivity index (χ0v) is 34.9. The number of hydrogen-bond donors (Lipinski definition) is 0. The third-order valence-corrected chi connectivity index (χ3v) is 14.0. The molecule has 2 aromatic heterocycles. The first-order valence-electron chi connectivity index (χ1n) is 16.8. The van der Waals surface area contributed by atoms with Crippen molar-refractivity contribution in [3.05, 3.63) is 206 Å². The summed E-state index contributed by atoms with van der Waals surface area (Å²) in [4.78, 5) is 9.75. The van der Waals surface area contributed by atoms with E-state index in [9.17, 15) is 0 Å². The van der Waals surface area contributed by atoms with E-state index in [1.54, 1.807) is 0 Å². The Bertz CT molecular complexity index is 2130. The number of aromatic nitrogens is 2. The number of rotatable bonds is 6. The van der Waals surface area contributed by atoms with Gasteiger partial charge in [0.2, 0.25) is 0 Å². The Balaban J connectivity index is 0.000000257. The Labute approximate surface area is 348 Å². The van der Waals surface area contributed by atoms with Crippen molar-refractivity contribution in [2.75, 3.05) is 0 Å². The molecule has 3 nitrogen and oxygen atoms in total. The maximum absolute atomic E-state index is 7.13. The molecule has 0 unspecified atom stereocenters. The first-order valence-corrected chi connectivity index (χ1v) is 20.2. The summed E-state index contributed by atoms with van der Waals surface area (Å²) in [6, 6.07) is 65.0. The van der Waals surface area contributed by atoms with Crippen LogP contribution in [0.3, 0.4) is 0 Å². The number of aryl methyl sites for hydroxylation is 2. The Morgan fingerprint density at radius 1 is 0.444 bits per heavy atom. The molecule has 2 heterocycles. The van der Waals surface area contributed by atoms with Crippen LogP contribution in [0.2, 0.25) is 0 Å².